The van der Waals surface area contributed by atoms with Crippen LogP contribution < -0.4 is 20.1 Å². The second-order valence-electron chi connectivity index (χ2n) is 5.12. The Kier molecular flexibility index (Phi) is 4.57. The summed E-state index contributed by atoms with van der Waals surface area (Å²) in [5.41, 5.74) is 1.39. The molecule has 0 saturated carbocycles. The summed E-state index contributed by atoms with van der Waals surface area (Å²) in [5, 5.41) is 5.83. The highest BCUT2D eigenvalue weighted by Gasteiger charge is 2.17. The Labute approximate surface area is 143 Å². The van der Waals surface area contributed by atoms with E-state index in [0.29, 0.717) is 39.9 Å². The van der Waals surface area contributed by atoms with Crippen molar-refractivity contribution >= 4 is 34.8 Å². The zero-order valence-corrected chi connectivity index (χ0v) is 13.6. The Morgan fingerprint density at radius 3 is 2.67 bits per heavy atom. The van der Waals surface area contributed by atoms with Crippen LogP contribution in [-0.4, -0.2) is 18.6 Å². The largest absolute Gasteiger partial charge is 0.454 e. The van der Waals surface area contributed by atoms with Crippen molar-refractivity contribution in [3.05, 3.63) is 47.0 Å². The maximum absolute atomic E-state index is 12.4. The number of nitrogens with one attached hydrogen (secondary N) is 2. The summed E-state index contributed by atoms with van der Waals surface area (Å²) in [7, 11) is 0. The van der Waals surface area contributed by atoms with Crippen LogP contribution >= 0.6 is 11.6 Å². The molecule has 7 heteroatoms. The van der Waals surface area contributed by atoms with Gasteiger partial charge in [0.25, 0.3) is 5.91 Å². The van der Waals surface area contributed by atoms with E-state index in [9.17, 15) is 9.59 Å². The van der Waals surface area contributed by atoms with E-state index in [2.05, 4.69) is 10.6 Å². The molecule has 0 aromatic heterocycles. The van der Waals surface area contributed by atoms with Crippen molar-refractivity contribution in [2.75, 3.05) is 17.4 Å². The zero-order chi connectivity index (χ0) is 17.1. The number of amides is 2. The standard InChI is InChI=1S/C17H15ClN2O4/c1-2-16(21)19-11-4-5-12(18)13(8-11)20-17(22)10-3-6-14-15(7-10)24-9-23-14/h3-8H,2,9H2,1H3,(H,19,21)(H,20,22). The van der Waals surface area contributed by atoms with Crippen LogP contribution in [0.25, 0.3) is 0 Å². The monoisotopic (exact) mass is 346 g/mol. The highest BCUT2D eigenvalue weighted by molar-refractivity contribution is 6.34. The Balaban J connectivity index is 1.78. The van der Waals surface area contributed by atoms with Gasteiger partial charge >= 0.3 is 0 Å². The molecule has 2 aromatic carbocycles. The quantitative estimate of drug-likeness (QED) is 0.885. The predicted octanol–water partition coefficient (Wildman–Crippen LogP) is 3.67. The van der Waals surface area contributed by atoms with Gasteiger partial charge in [0.2, 0.25) is 12.7 Å². The molecule has 0 unspecified atom stereocenters. The third-order valence-electron chi connectivity index (χ3n) is 3.45. The minimum absolute atomic E-state index is 0.120. The molecule has 0 aliphatic carbocycles. The van der Waals surface area contributed by atoms with Crippen molar-refractivity contribution in [2.24, 2.45) is 0 Å². The number of ether oxygens (including phenoxy) is 2. The van der Waals surface area contributed by atoms with Crippen LogP contribution in [-0.2, 0) is 4.79 Å². The van der Waals surface area contributed by atoms with Gasteiger partial charge in [-0.05, 0) is 36.4 Å². The highest BCUT2D eigenvalue weighted by Crippen LogP contribution is 2.33. The van der Waals surface area contributed by atoms with Crippen molar-refractivity contribution in [3.63, 3.8) is 0 Å². The molecule has 0 bridgehead atoms. The van der Waals surface area contributed by atoms with Crippen molar-refractivity contribution in [1.29, 1.82) is 0 Å². The molecule has 0 spiro atoms. The van der Waals surface area contributed by atoms with Gasteiger partial charge in [0, 0.05) is 17.7 Å². The first-order valence-electron chi connectivity index (χ1n) is 7.37. The molecule has 2 amide bonds. The third kappa shape index (κ3) is 3.44. The van der Waals surface area contributed by atoms with Gasteiger partial charge in [-0.15, -0.1) is 0 Å². The van der Waals surface area contributed by atoms with Crippen LogP contribution in [0.1, 0.15) is 23.7 Å². The molecule has 6 nitrogen and oxygen atoms in total. The minimum atomic E-state index is -0.339. The van der Waals surface area contributed by atoms with E-state index < -0.39 is 0 Å². The van der Waals surface area contributed by atoms with E-state index >= 15 is 0 Å². The smallest absolute Gasteiger partial charge is 0.255 e. The molecule has 1 heterocycles. The number of hydrogen-bond acceptors (Lipinski definition) is 4. The third-order valence-corrected chi connectivity index (χ3v) is 3.78. The number of halogens is 1. The van der Waals surface area contributed by atoms with Crippen LogP contribution in [0, 0.1) is 0 Å². The van der Waals surface area contributed by atoms with E-state index in [1.807, 2.05) is 0 Å². The molecular weight excluding hydrogens is 332 g/mol. The maximum Gasteiger partial charge on any atom is 0.255 e. The van der Waals surface area contributed by atoms with Gasteiger partial charge in [-0.1, -0.05) is 18.5 Å². The molecule has 24 heavy (non-hydrogen) atoms. The summed E-state index contributed by atoms with van der Waals surface area (Å²) in [6.45, 7) is 1.90. The Morgan fingerprint density at radius 1 is 1.08 bits per heavy atom. The van der Waals surface area contributed by atoms with Gasteiger partial charge in [-0.25, -0.2) is 0 Å². The first kappa shape index (κ1) is 16.1. The van der Waals surface area contributed by atoms with Crippen molar-refractivity contribution in [1.82, 2.24) is 0 Å². The average Bonchev–Trinajstić information content (AvgIpc) is 3.05. The normalized spacial score (nSPS) is 11.9. The average molecular weight is 347 g/mol. The molecule has 0 fully saturated rings. The number of carbonyl (C=O) groups excluding carboxylic acids is 2. The van der Waals surface area contributed by atoms with E-state index in [1.54, 1.807) is 43.3 Å². The summed E-state index contributed by atoms with van der Waals surface area (Å²) < 4.78 is 10.5. The van der Waals surface area contributed by atoms with Crippen LogP contribution in [0.2, 0.25) is 5.02 Å². The first-order valence-corrected chi connectivity index (χ1v) is 7.75. The Morgan fingerprint density at radius 2 is 1.88 bits per heavy atom. The molecule has 2 N–H and O–H groups in total. The topological polar surface area (TPSA) is 76.7 Å². The minimum Gasteiger partial charge on any atom is -0.454 e. The summed E-state index contributed by atoms with van der Waals surface area (Å²) in [6.07, 6.45) is 0.363. The molecule has 124 valence electrons. The fourth-order valence-electron chi connectivity index (χ4n) is 2.18. The number of carbonyl (C=O) groups is 2. The molecule has 0 radical (unpaired) electrons. The van der Waals surface area contributed by atoms with Crippen LogP contribution in [0.3, 0.4) is 0 Å². The molecule has 3 rings (SSSR count). The molecule has 0 atom stereocenters. The van der Waals surface area contributed by atoms with E-state index in [0.717, 1.165) is 0 Å². The first-order chi connectivity index (χ1) is 11.6. The SMILES string of the molecule is CCC(=O)Nc1ccc(Cl)c(NC(=O)c2ccc3c(c2)OCO3)c1. The second kappa shape index (κ2) is 6.80. The lowest BCUT2D eigenvalue weighted by atomic mass is 10.2. The van der Waals surface area contributed by atoms with Crippen molar-refractivity contribution < 1.29 is 19.1 Å². The van der Waals surface area contributed by atoms with Gasteiger partial charge in [-0.3, -0.25) is 9.59 Å². The van der Waals surface area contributed by atoms with Crippen LogP contribution in [0.5, 0.6) is 11.5 Å². The molecule has 2 aromatic rings. The number of rotatable bonds is 4. The van der Waals surface area contributed by atoms with Gasteiger partial charge in [0.15, 0.2) is 11.5 Å². The highest BCUT2D eigenvalue weighted by atomic mass is 35.5. The maximum atomic E-state index is 12.4. The Bertz CT molecular complexity index is 807. The molecule has 0 saturated heterocycles. The summed E-state index contributed by atoms with van der Waals surface area (Å²) >= 11 is 6.12. The van der Waals surface area contributed by atoms with Gasteiger partial charge < -0.3 is 20.1 Å². The lowest BCUT2D eigenvalue weighted by Crippen LogP contribution is -2.13. The number of fused-ring (bicyclic) bond motifs is 1. The summed E-state index contributed by atoms with van der Waals surface area (Å²) in [4.78, 5) is 23.9. The second-order valence-corrected chi connectivity index (χ2v) is 5.53. The lowest BCUT2D eigenvalue weighted by Gasteiger charge is -2.10. The number of benzene rings is 2. The van der Waals surface area contributed by atoms with Crippen LogP contribution in [0.15, 0.2) is 36.4 Å². The fraction of sp³-hybridized carbons (Fsp3) is 0.176. The van der Waals surface area contributed by atoms with Crippen molar-refractivity contribution in [3.8, 4) is 11.5 Å². The molecular formula is C17H15ClN2O4. The van der Waals surface area contributed by atoms with Gasteiger partial charge in [0.05, 0.1) is 10.7 Å². The van der Waals surface area contributed by atoms with E-state index in [-0.39, 0.29) is 18.6 Å². The fourth-order valence-corrected chi connectivity index (χ4v) is 2.35. The predicted molar refractivity (Wildman–Crippen MR) is 90.9 cm³/mol. The van der Waals surface area contributed by atoms with Crippen molar-refractivity contribution in [2.45, 2.75) is 13.3 Å². The summed E-state index contributed by atoms with van der Waals surface area (Å²) in [6, 6.07) is 9.82. The molecule has 1 aliphatic rings. The molecule has 1 aliphatic heterocycles. The Hall–Kier alpha value is -2.73. The van der Waals surface area contributed by atoms with Crippen LogP contribution in [0.4, 0.5) is 11.4 Å². The lowest BCUT2D eigenvalue weighted by molar-refractivity contribution is -0.115. The zero-order valence-electron chi connectivity index (χ0n) is 12.9. The summed E-state index contributed by atoms with van der Waals surface area (Å²) in [5.74, 6) is 0.672. The van der Waals surface area contributed by atoms with E-state index in [1.165, 1.54) is 0 Å². The number of hydrogen-bond donors (Lipinski definition) is 2. The van der Waals surface area contributed by atoms with Gasteiger partial charge in [-0.2, -0.15) is 0 Å². The van der Waals surface area contributed by atoms with Gasteiger partial charge in [0.1, 0.15) is 0 Å². The number of anilines is 2. The van der Waals surface area contributed by atoms with E-state index in [4.69, 9.17) is 21.1 Å².